The lowest BCUT2D eigenvalue weighted by atomic mass is 9.51. The fourth-order valence-electron chi connectivity index (χ4n) is 7.39. The fourth-order valence-corrected chi connectivity index (χ4v) is 7.39. The summed E-state index contributed by atoms with van der Waals surface area (Å²) in [7, 11) is 0. The number of fused-ring (bicyclic) bond motifs is 5. The van der Waals surface area contributed by atoms with Crippen LogP contribution in [0.3, 0.4) is 0 Å². The average molecular weight is 421 g/mol. The number of aliphatic hydroxyl groups is 3. The van der Waals surface area contributed by atoms with Gasteiger partial charge in [0.05, 0.1) is 6.10 Å². The molecule has 7 atom stereocenters. The minimum absolute atomic E-state index is 0.150. The zero-order valence-electron chi connectivity index (χ0n) is 18.3. The molecule has 4 aliphatic carbocycles. The molecular formula is C27H32O4. The van der Waals surface area contributed by atoms with Crippen molar-refractivity contribution >= 4 is 5.78 Å². The minimum Gasteiger partial charge on any atom is -0.388 e. The fraction of sp³-hybridized carbons (Fsp3) is 0.519. The van der Waals surface area contributed by atoms with Crippen molar-refractivity contribution in [3.8, 4) is 0 Å². The highest BCUT2D eigenvalue weighted by Crippen LogP contribution is 2.68. The summed E-state index contributed by atoms with van der Waals surface area (Å²) in [5.74, 6) is -0.375. The van der Waals surface area contributed by atoms with Gasteiger partial charge in [-0.25, -0.2) is 0 Å². The third-order valence-electron chi connectivity index (χ3n) is 9.07. The Morgan fingerprint density at radius 1 is 1.19 bits per heavy atom. The molecule has 3 N–H and O–H groups in total. The molecule has 0 heterocycles. The first kappa shape index (κ1) is 20.9. The molecule has 4 heteroatoms. The van der Waals surface area contributed by atoms with Crippen molar-refractivity contribution in [2.24, 2.45) is 22.7 Å². The third kappa shape index (κ3) is 2.68. The van der Waals surface area contributed by atoms with E-state index in [1.807, 2.05) is 42.5 Å². The third-order valence-corrected chi connectivity index (χ3v) is 9.07. The molecule has 31 heavy (non-hydrogen) atoms. The van der Waals surface area contributed by atoms with Gasteiger partial charge >= 0.3 is 0 Å². The van der Waals surface area contributed by atoms with Gasteiger partial charge in [-0.1, -0.05) is 72.7 Å². The number of aliphatic hydroxyl groups excluding tert-OH is 2. The highest BCUT2D eigenvalue weighted by Gasteiger charge is 2.68. The standard InChI is InChI=1S/C27H32O4/c1-25-12-10-19(29)14-18(25)8-9-20-21(25)11-13-26(2)23(20)15-22(17-6-4-3-5-7-17)27(26,31)24(30)16-28/h3-7,10-12,14,19-20,22-23,28-29,31H,8-9,13,15-16H2,1-2H3/t19?,20?,22-,23?,25-,26-,27-/m0/s1. The molecule has 2 saturated carbocycles. The van der Waals surface area contributed by atoms with Crippen LogP contribution in [0.5, 0.6) is 0 Å². The maximum atomic E-state index is 13.1. The van der Waals surface area contributed by atoms with Crippen molar-refractivity contribution in [1.82, 2.24) is 0 Å². The molecule has 0 aliphatic heterocycles. The quantitative estimate of drug-likeness (QED) is 0.652. The van der Waals surface area contributed by atoms with E-state index < -0.39 is 29.5 Å². The van der Waals surface area contributed by atoms with E-state index in [2.05, 4.69) is 26.0 Å². The van der Waals surface area contributed by atoms with Crippen LogP contribution >= 0.6 is 0 Å². The van der Waals surface area contributed by atoms with Crippen LogP contribution in [0.1, 0.15) is 51.0 Å². The maximum Gasteiger partial charge on any atom is 0.190 e. The number of allylic oxidation sites excluding steroid dienone is 4. The SMILES string of the molecule is C[C@]12C=CC(O)C=C1CCC1C2=CC[C@@]2(C)C1C[C@@H](c1ccccc1)[C@]2(O)C(=O)CO. The molecule has 4 nitrogen and oxygen atoms in total. The van der Waals surface area contributed by atoms with Gasteiger partial charge in [0.25, 0.3) is 0 Å². The first-order chi connectivity index (χ1) is 14.8. The Balaban J connectivity index is 1.61. The second-order valence-corrected chi connectivity index (χ2v) is 10.3. The Morgan fingerprint density at radius 2 is 1.94 bits per heavy atom. The lowest BCUT2D eigenvalue weighted by molar-refractivity contribution is -0.158. The summed E-state index contributed by atoms with van der Waals surface area (Å²) in [6, 6.07) is 9.82. The molecule has 1 aromatic carbocycles. The molecule has 4 aliphatic rings. The summed E-state index contributed by atoms with van der Waals surface area (Å²) in [5, 5.41) is 32.0. The number of carbonyl (C=O) groups is 1. The highest BCUT2D eigenvalue weighted by molar-refractivity contribution is 5.91. The van der Waals surface area contributed by atoms with Crippen molar-refractivity contribution in [2.45, 2.75) is 57.2 Å². The van der Waals surface area contributed by atoms with Crippen LogP contribution in [-0.2, 0) is 4.79 Å². The highest BCUT2D eigenvalue weighted by atomic mass is 16.3. The number of benzene rings is 1. The number of carbonyl (C=O) groups excluding carboxylic acids is 1. The number of Topliss-reactive ketones (excluding diaryl/α,β-unsaturated/α-hetero) is 1. The van der Waals surface area contributed by atoms with E-state index in [-0.39, 0.29) is 23.2 Å². The Hall–Kier alpha value is -2.01. The average Bonchev–Trinajstić information content (AvgIpc) is 3.02. The molecule has 2 fully saturated rings. The van der Waals surface area contributed by atoms with Gasteiger partial charge in [-0.2, -0.15) is 0 Å². The summed E-state index contributed by atoms with van der Waals surface area (Å²) < 4.78 is 0. The Kier molecular flexibility index (Phi) is 4.71. The lowest BCUT2D eigenvalue weighted by Crippen LogP contribution is -2.57. The van der Waals surface area contributed by atoms with Crippen molar-refractivity contribution in [1.29, 1.82) is 0 Å². The van der Waals surface area contributed by atoms with E-state index in [1.54, 1.807) is 0 Å². The maximum absolute atomic E-state index is 13.1. The van der Waals surface area contributed by atoms with Crippen LogP contribution in [0, 0.1) is 22.7 Å². The molecule has 164 valence electrons. The molecule has 0 spiro atoms. The number of rotatable bonds is 3. The van der Waals surface area contributed by atoms with Gasteiger partial charge in [0, 0.05) is 16.7 Å². The van der Waals surface area contributed by atoms with Crippen LogP contribution in [0.25, 0.3) is 0 Å². The number of hydrogen-bond acceptors (Lipinski definition) is 4. The second-order valence-electron chi connectivity index (χ2n) is 10.3. The van der Waals surface area contributed by atoms with Crippen LogP contribution in [0.2, 0.25) is 0 Å². The van der Waals surface area contributed by atoms with Crippen molar-refractivity contribution in [3.63, 3.8) is 0 Å². The predicted octanol–water partition coefficient (Wildman–Crippen LogP) is 3.69. The smallest absolute Gasteiger partial charge is 0.190 e. The molecule has 0 radical (unpaired) electrons. The van der Waals surface area contributed by atoms with Gasteiger partial charge in [-0.15, -0.1) is 0 Å². The topological polar surface area (TPSA) is 77.8 Å². The van der Waals surface area contributed by atoms with Crippen LogP contribution in [0.4, 0.5) is 0 Å². The molecule has 0 bridgehead atoms. The minimum atomic E-state index is -1.59. The summed E-state index contributed by atoms with van der Waals surface area (Å²) in [5.41, 5.74) is 1.18. The van der Waals surface area contributed by atoms with Crippen molar-refractivity contribution < 1.29 is 20.1 Å². The summed E-state index contributed by atoms with van der Waals surface area (Å²) in [4.78, 5) is 13.1. The number of ketones is 1. The largest absolute Gasteiger partial charge is 0.388 e. The molecule has 1 aromatic rings. The normalized spacial score (nSPS) is 43.4. The molecule has 5 rings (SSSR count). The van der Waals surface area contributed by atoms with E-state index in [0.29, 0.717) is 6.42 Å². The van der Waals surface area contributed by atoms with Gasteiger partial charge in [0.1, 0.15) is 12.2 Å². The van der Waals surface area contributed by atoms with E-state index in [9.17, 15) is 20.1 Å². The molecule has 0 amide bonds. The van der Waals surface area contributed by atoms with Gasteiger partial charge < -0.3 is 15.3 Å². The van der Waals surface area contributed by atoms with Crippen LogP contribution in [0.15, 0.2) is 65.8 Å². The van der Waals surface area contributed by atoms with Crippen molar-refractivity contribution in [2.75, 3.05) is 6.61 Å². The van der Waals surface area contributed by atoms with E-state index in [1.165, 1.54) is 11.1 Å². The lowest BCUT2D eigenvalue weighted by Gasteiger charge is -2.54. The zero-order valence-corrected chi connectivity index (χ0v) is 18.3. The Labute approximate surface area is 184 Å². The molecular weight excluding hydrogens is 388 g/mol. The van der Waals surface area contributed by atoms with Crippen molar-refractivity contribution in [3.05, 3.63) is 71.3 Å². The summed E-state index contributed by atoms with van der Waals surface area (Å²) >= 11 is 0. The van der Waals surface area contributed by atoms with Gasteiger partial charge in [-0.3, -0.25) is 4.79 Å². The number of hydrogen-bond donors (Lipinski definition) is 3. The van der Waals surface area contributed by atoms with Gasteiger partial charge in [-0.05, 0) is 50.0 Å². The molecule has 3 unspecified atom stereocenters. The van der Waals surface area contributed by atoms with Gasteiger partial charge in [0.15, 0.2) is 5.78 Å². The Morgan fingerprint density at radius 3 is 2.65 bits per heavy atom. The van der Waals surface area contributed by atoms with Gasteiger partial charge in [0.2, 0.25) is 0 Å². The van der Waals surface area contributed by atoms with E-state index in [0.717, 1.165) is 24.8 Å². The van der Waals surface area contributed by atoms with Crippen LogP contribution in [-0.4, -0.2) is 39.4 Å². The monoisotopic (exact) mass is 420 g/mol. The first-order valence-corrected chi connectivity index (χ1v) is 11.5. The summed E-state index contributed by atoms with van der Waals surface area (Å²) in [6.45, 7) is 3.64. The predicted molar refractivity (Wildman–Crippen MR) is 119 cm³/mol. The van der Waals surface area contributed by atoms with E-state index >= 15 is 0 Å². The molecule has 0 saturated heterocycles. The molecule has 0 aromatic heterocycles. The summed E-state index contributed by atoms with van der Waals surface area (Å²) in [6.07, 6.45) is 10.9. The van der Waals surface area contributed by atoms with E-state index in [4.69, 9.17) is 0 Å². The first-order valence-electron chi connectivity index (χ1n) is 11.5. The van der Waals surface area contributed by atoms with Crippen LogP contribution < -0.4 is 0 Å². The second kappa shape index (κ2) is 6.99. The Bertz CT molecular complexity index is 992. The zero-order chi connectivity index (χ0) is 22.0.